The van der Waals surface area contributed by atoms with Crippen LogP contribution in [0.2, 0.25) is 0 Å². The van der Waals surface area contributed by atoms with Gasteiger partial charge in [0.05, 0.1) is 5.71 Å². The minimum atomic E-state index is -0.0404. The molecule has 2 aromatic rings. The van der Waals surface area contributed by atoms with Gasteiger partial charge in [-0.3, -0.25) is 9.59 Å². The maximum atomic E-state index is 12.3. The van der Waals surface area contributed by atoms with Crippen LogP contribution in [-0.4, -0.2) is 17.5 Å². The third kappa shape index (κ3) is 4.25. The zero-order valence-corrected chi connectivity index (χ0v) is 15.3. The molecule has 2 N–H and O–H groups in total. The molecule has 0 spiro atoms. The number of hydrazone groups is 1. The van der Waals surface area contributed by atoms with Gasteiger partial charge in [-0.15, -0.1) is 0 Å². The molecule has 2 aliphatic carbocycles. The molecule has 27 heavy (non-hydrogen) atoms. The zero-order valence-electron chi connectivity index (χ0n) is 15.3. The Morgan fingerprint density at radius 2 is 1.78 bits per heavy atom. The smallest absolute Gasteiger partial charge is 0.243 e. The molecule has 5 nitrogen and oxygen atoms in total. The number of amides is 2. The number of carbonyl (C=O) groups is 2. The van der Waals surface area contributed by atoms with Crippen LogP contribution < -0.4 is 10.7 Å². The number of benzene rings is 2. The van der Waals surface area contributed by atoms with E-state index in [1.807, 2.05) is 49.4 Å². The predicted octanol–water partition coefficient (Wildman–Crippen LogP) is 3.68. The summed E-state index contributed by atoms with van der Waals surface area (Å²) in [6.45, 7) is 1.85. The van der Waals surface area contributed by atoms with Crippen molar-refractivity contribution in [1.82, 2.24) is 5.43 Å². The van der Waals surface area contributed by atoms with E-state index in [0.29, 0.717) is 11.6 Å². The van der Waals surface area contributed by atoms with Gasteiger partial charge < -0.3 is 5.32 Å². The molecule has 2 aliphatic rings. The van der Waals surface area contributed by atoms with Gasteiger partial charge in [-0.05, 0) is 55.4 Å². The third-order valence-electron chi connectivity index (χ3n) is 5.18. The Hall–Kier alpha value is -2.95. The first-order valence-corrected chi connectivity index (χ1v) is 9.42. The van der Waals surface area contributed by atoms with Crippen LogP contribution in [0.25, 0.3) is 0 Å². The normalized spacial score (nSPS) is 21.4. The van der Waals surface area contributed by atoms with Crippen LogP contribution in [-0.2, 0) is 9.59 Å². The van der Waals surface area contributed by atoms with E-state index in [-0.39, 0.29) is 23.7 Å². The molecular weight excluding hydrogens is 338 g/mol. The molecule has 0 aliphatic heterocycles. The number of hydrogen-bond acceptors (Lipinski definition) is 3. The average molecular weight is 361 g/mol. The largest absolute Gasteiger partial charge is 0.326 e. The van der Waals surface area contributed by atoms with E-state index in [1.54, 1.807) is 0 Å². The fraction of sp³-hybridized carbons (Fsp3) is 0.318. The van der Waals surface area contributed by atoms with Crippen molar-refractivity contribution in [1.29, 1.82) is 0 Å². The Bertz CT molecular complexity index is 887. The van der Waals surface area contributed by atoms with Crippen LogP contribution in [0.3, 0.4) is 0 Å². The van der Waals surface area contributed by atoms with Crippen molar-refractivity contribution >= 4 is 23.2 Å². The fourth-order valence-corrected chi connectivity index (χ4v) is 3.25. The van der Waals surface area contributed by atoms with Gasteiger partial charge in [0.1, 0.15) is 0 Å². The second-order valence-corrected chi connectivity index (χ2v) is 7.38. The number of rotatable bonds is 6. The molecule has 0 unspecified atom stereocenters. The molecule has 0 saturated heterocycles. The summed E-state index contributed by atoms with van der Waals surface area (Å²) in [5, 5.41) is 7.19. The first-order valence-electron chi connectivity index (χ1n) is 9.42. The fourth-order valence-electron chi connectivity index (χ4n) is 3.25. The quantitative estimate of drug-likeness (QED) is 0.609. The van der Waals surface area contributed by atoms with E-state index in [9.17, 15) is 9.59 Å². The van der Waals surface area contributed by atoms with Crippen molar-refractivity contribution in [3.05, 3.63) is 65.7 Å². The second kappa shape index (κ2) is 7.35. The molecule has 0 heterocycles. The van der Waals surface area contributed by atoms with Gasteiger partial charge in [-0.2, -0.15) is 5.10 Å². The topological polar surface area (TPSA) is 70.6 Å². The van der Waals surface area contributed by atoms with Gasteiger partial charge in [-0.1, -0.05) is 42.5 Å². The highest BCUT2D eigenvalue weighted by Crippen LogP contribution is 2.47. The van der Waals surface area contributed by atoms with Crippen molar-refractivity contribution < 1.29 is 9.59 Å². The van der Waals surface area contributed by atoms with Gasteiger partial charge in [0.15, 0.2) is 0 Å². The number of hydrogen-bond donors (Lipinski definition) is 2. The number of nitrogens with zero attached hydrogens (tertiary/aromatic N) is 1. The first kappa shape index (κ1) is 17.5. The molecule has 2 fully saturated rings. The lowest BCUT2D eigenvalue weighted by Gasteiger charge is -2.07. The molecule has 2 amide bonds. The number of nitrogens with one attached hydrogen (secondary N) is 2. The summed E-state index contributed by atoms with van der Waals surface area (Å²) in [7, 11) is 0. The lowest BCUT2D eigenvalue weighted by Crippen LogP contribution is -2.21. The highest BCUT2D eigenvalue weighted by molar-refractivity contribution is 6.01. The number of anilines is 1. The summed E-state index contributed by atoms with van der Waals surface area (Å²) in [6, 6.07) is 17.7. The van der Waals surface area contributed by atoms with Gasteiger partial charge in [0.2, 0.25) is 11.8 Å². The molecule has 5 heteroatoms. The predicted molar refractivity (Wildman–Crippen MR) is 105 cm³/mol. The van der Waals surface area contributed by atoms with Crippen molar-refractivity contribution in [2.45, 2.75) is 32.1 Å². The minimum absolute atomic E-state index is 0.00638. The van der Waals surface area contributed by atoms with E-state index in [0.717, 1.165) is 30.5 Å². The monoisotopic (exact) mass is 361 g/mol. The van der Waals surface area contributed by atoms with Crippen LogP contribution in [0.4, 0.5) is 5.69 Å². The van der Waals surface area contributed by atoms with Crippen LogP contribution >= 0.6 is 0 Å². The van der Waals surface area contributed by atoms with Crippen LogP contribution in [0.5, 0.6) is 0 Å². The molecule has 138 valence electrons. The van der Waals surface area contributed by atoms with E-state index in [1.165, 1.54) is 5.56 Å². The molecule has 0 radical (unpaired) electrons. The Morgan fingerprint density at radius 1 is 1.00 bits per heavy atom. The lowest BCUT2D eigenvalue weighted by molar-refractivity contribution is -0.122. The molecular formula is C22H23N3O2. The summed E-state index contributed by atoms with van der Waals surface area (Å²) >= 11 is 0. The summed E-state index contributed by atoms with van der Waals surface area (Å²) in [5.41, 5.74) is 6.24. The van der Waals surface area contributed by atoms with Gasteiger partial charge >= 0.3 is 0 Å². The Kier molecular flexibility index (Phi) is 4.75. The maximum absolute atomic E-state index is 12.3. The summed E-state index contributed by atoms with van der Waals surface area (Å²) < 4.78 is 0. The maximum Gasteiger partial charge on any atom is 0.243 e. The van der Waals surface area contributed by atoms with E-state index >= 15 is 0 Å². The third-order valence-corrected chi connectivity index (χ3v) is 5.18. The summed E-state index contributed by atoms with van der Waals surface area (Å²) in [5.74, 6) is 0.492. The Balaban J connectivity index is 1.35. The number of carbonyl (C=O) groups excluding carboxylic acids is 2. The molecule has 0 bridgehead atoms. The van der Waals surface area contributed by atoms with Crippen LogP contribution in [0.15, 0.2) is 59.7 Å². The Labute approximate surface area is 158 Å². The summed E-state index contributed by atoms with van der Waals surface area (Å²) in [4.78, 5) is 24.2. The van der Waals surface area contributed by atoms with E-state index in [4.69, 9.17) is 0 Å². The average Bonchev–Trinajstić information content (AvgIpc) is 3.59. The first-order chi connectivity index (χ1) is 13.1. The molecule has 4 rings (SSSR count). The van der Waals surface area contributed by atoms with Crippen molar-refractivity contribution in [2.24, 2.45) is 16.9 Å². The molecule has 2 atom stereocenters. The van der Waals surface area contributed by atoms with Crippen molar-refractivity contribution in [3.63, 3.8) is 0 Å². The van der Waals surface area contributed by atoms with Crippen LogP contribution in [0, 0.1) is 11.8 Å². The highest BCUT2D eigenvalue weighted by Gasteiger charge is 2.43. The highest BCUT2D eigenvalue weighted by atomic mass is 16.2. The van der Waals surface area contributed by atoms with Crippen molar-refractivity contribution in [3.8, 4) is 0 Å². The zero-order chi connectivity index (χ0) is 18.8. The minimum Gasteiger partial charge on any atom is -0.326 e. The molecule has 2 aromatic carbocycles. The lowest BCUT2D eigenvalue weighted by atomic mass is 10.1. The van der Waals surface area contributed by atoms with Crippen LogP contribution in [0.1, 0.15) is 43.2 Å². The van der Waals surface area contributed by atoms with Gasteiger partial charge in [0.25, 0.3) is 0 Å². The summed E-state index contributed by atoms with van der Waals surface area (Å²) in [6.07, 6.45) is 2.82. The van der Waals surface area contributed by atoms with Gasteiger partial charge in [-0.25, -0.2) is 5.43 Å². The molecule has 2 saturated carbocycles. The SMILES string of the molecule is C/C(=N\NC(=O)[C@H]1C[C@@H]1c1ccccc1)c1cccc(NC(=O)C2CC2)c1. The van der Waals surface area contributed by atoms with Crippen molar-refractivity contribution in [2.75, 3.05) is 5.32 Å². The Morgan fingerprint density at radius 3 is 2.52 bits per heavy atom. The van der Waals surface area contributed by atoms with Gasteiger partial charge in [0, 0.05) is 17.5 Å². The van der Waals surface area contributed by atoms with E-state index < -0.39 is 0 Å². The van der Waals surface area contributed by atoms with E-state index in [2.05, 4.69) is 28.0 Å². The standard InChI is InChI=1S/C22H23N3O2/c1-14(17-8-5-9-18(12-17)23-21(26)16-10-11-16)24-25-22(27)20-13-19(20)15-6-3-2-4-7-15/h2-9,12,16,19-20H,10-11,13H2,1H3,(H,23,26)(H,25,27)/b24-14+/t19-,20+/m1/s1. The molecule has 0 aromatic heterocycles. The second-order valence-electron chi connectivity index (χ2n) is 7.38.